The van der Waals surface area contributed by atoms with E-state index < -0.39 is 0 Å². The third-order valence-corrected chi connectivity index (χ3v) is 4.76. The molecular weight excluding hydrogens is 276 g/mol. The molecule has 1 aromatic heterocycles. The average Bonchev–Trinajstić information content (AvgIpc) is 2.92. The summed E-state index contributed by atoms with van der Waals surface area (Å²) < 4.78 is 8.83. The normalized spacial score (nSPS) is 17.9. The molecule has 1 fully saturated rings. The summed E-state index contributed by atoms with van der Waals surface area (Å²) in [5.41, 5.74) is 8.07. The number of ether oxygens (including phenoxy) is 1. The molecule has 0 radical (unpaired) electrons. The Bertz CT molecular complexity index is 616. The Balaban J connectivity index is 1.45. The molecule has 0 amide bonds. The molecule has 0 unspecified atom stereocenters. The third kappa shape index (κ3) is 3.43. The van der Waals surface area contributed by atoms with E-state index in [4.69, 9.17) is 10.5 Å². The first-order valence-corrected chi connectivity index (χ1v) is 8.13. The van der Waals surface area contributed by atoms with E-state index in [1.807, 2.05) is 12.1 Å². The van der Waals surface area contributed by atoms with Gasteiger partial charge in [0.05, 0.1) is 32.3 Å². The zero-order valence-electron chi connectivity index (χ0n) is 13.4. The fraction of sp³-hybridized carbons (Fsp3) is 0.529. The predicted octanol–water partition coefficient (Wildman–Crippen LogP) is 1.29. The molecule has 0 saturated carbocycles. The number of aromatic nitrogens is 1. The number of likely N-dealkylation sites (N-methyl/N-ethyl adjacent to an activating group) is 1. The smallest absolute Gasteiger partial charge is 0.102 e. The molecule has 120 valence electrons. The second kappa shape index (κ2) is 6.69. The van der Waals surface area contributed by atoms with Gasteiger partial charge in [-0.05, 0) is 18.2 Å². The first kappa shape index (κ1) is 15.3. The Morgan fingerprint density at radius 2 is 2.05 bits per heavy atom. The minimum Gasteiger partial charge on any atom is -0.398 e. The van der Waals surface area contributed by atoms with Crippen molar-refractivity contribution >= 4 is 16.6 Å². The van der Waals surface area contributed by atoms with Crippen LogP contribution in [0.25, 0.3) is 10.9 Å². The molecule has 5 heteroatoms. The standard InChI is InChI=1S/C17H27N4O/c1-21(11-13-22-14-12-21)10-7-19-6-9-20-8-5-15-16(18)3-2-4-17(15)20/h2-5,8,19H,6-7,9-14,18H2,1H3/q+1. The molecule has 1 aromatic carbocycles. The Morgan fingerprint density at radius 1 is 1.23 bits per heavy atom. The van der Waals surface area contributed by atoms with E-state index in [1.165, 1.54) is 12.1 Å². The highest BCUT2D eigenvalue weighted by atomic mass is 16.5. The SMILES string of the molecule is C[N+]1(CCNCCn2ccc3c(N)cccc32)CCOCC1. The van der Waals surface area contributed by atoms with Gasteiger partial charge in [-0.15, -0.1) is 0 Å². The quantitative estimate of drug-likeness (QED) is 0.480. The fourth-order valence-corrected chi connectivity index (χ4v) is 3.12. The highest BCUT2D eigenvalue weighted by Gasteiger charge is 2.24. The van der Waals surface area contributed by atoms with Gasteiger partial charge in [-0.1, -0.05) is 6.07 Å². The lowest BCUT2D eigenvalue weighted by Gasteiger charge is -2.37. The number of nitrogens with zero attached hydrogens (tertiary/aromatic N) is 2. The van der Waals surface area contributed by atoms with Crippen molar-refractivity contribution in [1.29, 1.82) is 0 Å². The number of morpholine rings is 1. The van der Waals surface area contributed by atoms with E-state index in [-0.39, 0.29) is 0 Å². The first-order valence-electron chi connectivity index (χ1n) is 8.13. The van der Waals surface area contributed by atoms with Gasteiger partial charge in [0.2, 0.25) is 0 Å². The van der Waals surface area contributed by atoms with Crippen molar-refractivity contribution in [3.63, 3.8) is 0 Å². The van der Waals surface area contributed by atoms with Crippen LogP contribution in [0.2, 0.25) is 0 Å². The van der Waals surface area contributed by atoms with E-state index in [0.717, 1.165) is 61.5 Å². The van der Waals surface area contributed by atoms with E-state index in [9.17, 15) is 0 Å². The zero-order valence-corrected chi connectivity index (χ0v) is 13.4. The van der Waals surface area contributed by atoms with Gasteiger partial charge in [0.15, 0.2) is 0 Å². The topological polar surface area (TPSA) is 52.2 Å². The Morgan fingerprint density at radius 3 is 2.86 bits per heavy atom. The van der Waals surface area contributed by atoms with Crippen LogP contribution in [0.5, 0.6) is 0 Å². The van der Waals surface area contributed by atoms with E-state index in [0.29, 0.717) is 0 Å². The summed E-state index contributed by atoms with van der Waals surface area (Å²) >= 11 is 0. The van der Waals surface area contributed by atoms with Crippen molar-refractivity contribution in [3.8, 4) is 0 Å². The Hall–Kier alpha value is -1.56. The highest BCUT2D eigenvalue weighted by Crippen LogP contribution is 2.21. The second-order valence-corrected chi connectivity index (χ2v) is 6.44. The summed E-state index contributed by atoms with van der Waals surface area (Å²) in [6.45, 7) is 8.22. The maximum Gasteiger partial charge on any atom is 0.102 e. The molecule has 3 rings (SSSR count). The summed E-state index contributed by atoms with van der Waals surface area (Å²) in [5.74, 6) is 0. The van der Waals surface area contributed by atoms with Gasteiger partial charge in [0.25, 0.3) is 0 Å². The zero-order chi connectivity index (χ0) is 15.4. The summed E-state index contributed by atoms with van der Waals surface area (Å²) in [6.07, 6.45) is 2.12. The molecular formula is C17H27N4O+. The predicted molar refractivity (Wildman–Crippen MR) is 90.8 cm³/mol. The minimum absolute atomic E-state index is 0.856. The maximum absolute atomic E-state index is 6.00. The van der Waals surface area contributed by atoms with Crippen LogP contribution in [0.3, 0.4) is 0 Å². The lowest BCUT2D eigenvalue weighted by Crippen LogP contribution is -2.54. The van der Waals surface area contributed by atoms with Crippen LogP contribution in [0.15, 0.2) is 30.5 Å². The Labute approximate surface area is 132 Å². The van der Waals surface area contributed by atoms with Gasteiger partial charge in [0, 0.05) is 36.9 Å². The third-order valence-electron chi connectivity index (χ3n) is 4.76. The summed E-state index contributed by atoms with van der Waals surface area (Å²) in [7, 11) is 2.33. The summed E-state index contributed by atoms with van der Waals surface area (Å²) in [4.78, 5) is 0. The van der Waals surface area contributed by atoms with Gasteiger partial charge in [-0.2, -0.15) is 0 Å². The number of nitrogen functional groups attached to an aromatic ring is 1. The molecule has 3 N–H and O–H groups in total. The molecule has 0 atom stereocenters. The number of nitrogens with one attached hydrogen (secondary N) is 1. The van der Waals surface area contributed by atoms with Crippen LogP contribution in [-0.4, -0.2) is 62.0 Å². The van der Waals surface area contributed by atoms with Crippen LogP contribution in [0.4, 0.5) is 5.69 Å². The number of fused-ring (bicyclic) bond motifs is 1. The van der Waals surface area contributed by atoms with Crippen molar-refractivity contribution in [2.45, 2.75) is 6.54 Å². The van der Waals surface area contributed by atoms with Crippen molar-refractivity contribution in [2.75, 3.05) is 58.7 Å². The van der Waals surface area contributed by atoms with Crippen molar-refractivity contribution in [3.05, 3.63) is 30.5 Å². The molecule has 5 nitrogen and oxygen atoms in total. The number of nitrogens with two attached hydrogens (primary N) is 1. The molecule has 1 aliphatic heterocycles. The molecule has 1 aliphatic rings. The molecule has 2 heterocycles. The van der Waals surface area contributed by atoms with Crippen molar-refractivity contribution < 1.29 is 9.22 Å². The van der Waals surface area contributed by atoms with Crippen molar-refractivity contribution in [2.24, 2.45) is 0 Å². The molecule has 22 heavy (non-hydrogen) atoms. The number of hydrogen-bond donors (Lipinski definition) is 2. The van der Waals surface area contributed by atoms with E-state index in [1.54, 1.807) is 0 Å². The lowest BCUT2D eigenvalue weighted by molar-refractivity contribution is -0.915. The number of hydrogen-bond acceptors (Lipinski definition) is 3. The van der Waals surface area contributed by atoms with Crippen LogP contribution in [0, 0.1) is 0 Å². The fourth-order valence-electron chi connectivity index (χ4n) is 3.12. The van der Waals surface area contributed by atoms with Crippen LogP contribution < -0.4 is 11.1 Å². The second-order valence-electron chi connectivity index (χ2n) is 6.44. The van der Waals surface area contributed by atoms with Gasteiger partial charge < -0.3 is 24.8 Å². The van der Waals surface area contributed by atoms with Crippen LogP contribution in [-0.2, 0) is 11.3 Å². The highest BCUT2D eigenvalue weighted by molar-refractivity contribution is 5.91. The van der Waals surface area contributed by atoms with E-state index >= 15 is 0 Å². The monoisotopic (exact) mass is 303 g/mol. The van der Waals surface area contributed by atoms with Gasteiger partial charge >= 0.3 is 0 Å². The van der Waals surface area contributed by atoms with Crippen LogP contribution in [0.1, 0.15) is 0 Å². The Kier molecular flexibility index (Phi) is 4.66. The average molecular weight is 303 g/mol. The lowest BCUT2D eigenvalue weighted by atomic mass is 10.2. The molecule has 0 spiro atoms. The first-order chi connectivity index (χ1) is 10.7. The molecule has 0 bridgehead atoms. The summed E-state index contributed by atoms with van der Waals surface area (Å²) in [5, 5.41) is 4.71. The molecule has 1 saturated heterocycles. The molecule has 2 aromatic rings. The van der Waals surface area contributed by atoms with Gasteiger partial charge in [-0.3, -0.25) is 0 Å². The van der Waals surface area contributed by atoms with Crippen LogP contribution >= 0.6 is 0 Å². The van der Waals surface area contributed by atoms with Crippen molar-refractivity contribution in [1.82, 2.24) is 9.88 Å². The van der Waals surface area contributed by atoms with E-state index in [2.05, 4.69) is 35.3 Å². The number of rotatable bonds is 6. The van der Waals surface area contributed by atoms with Gasteiger partial charge in [-0.25, -0.2) is 0 Å². The number of anilines is 1. The van der Waals surface area contributed by atoms with Gasteiger partial charge in [0.1, 0.15) is 13.1 Å². The maximum atomic E-state index is 6.00. The number of benzene rings is 1. The largest absolute Gasteiger partial charge is 0.398 e. The molecule has 0 aliphatic carbocycles. The number of quaternary nitrogens is 1. The minimum atomic E-state index is 0.856. The summed E-state index contributed by atoms with van der Waals surface area (Å²) in [6, 6.07) is 8.21.